The zero-order valence-corrected chi connectivity index (χ0v) is 27.1. The Morgan fingerprint density at radius 3 is 0.975 bits per heavy atom. The van der Waals surface area contributed by atoms with Crippen LogP contribution >= 0.6 is 0 Å². The highest BCUT2D eigenvalue weighted by Gasteiger charge is 2.36. The summed E-state index contributed by atoms with van der Waals surface area (Å²) in [5, 5.41) is 0. The number of methoxy groups -OCH3 is 4. The topological polar surface area (TPSA) is 61.6 Å². The lowest BCUT2D eigenvalue weighted by Crippen LogP contribution is -2.28. The average molecular weight is 571 g/mol. The van der Waals surface area contributed by atoms with Gasteiger partial charge in [0, 0.05) is 11.1 Å². The Morgan fingerprint density at radius 2 is 0.750 bits per heavy atom. The van der Waals surface area contributed by atoms with Crippen LogP contribution in [0.1, 0.15) is 11.1 Å². The summed E-state index contributed by atoms with van der Waals surface area (Å²) in [7, 11) is 3.32. The van der Waals surface area contributed by atoms with E-state index in [-0.39, 0.29) is 0 Å². The van der Waals surface area contributed by atoms with Crippen LogP contribution in [-0.4, -0.2) is 56.0 Å². The minimum absolute atomic E-state index is 0.388. The van der Waals surface area contributed by atoms with Gasteiger partial charge in [-0.25, -0.2) is 9.98 Å². The van der Waals surface area contributed by atoms with Gasteiger partial charge in [-0.15, -0.1) is 11.1 Å². The van der Waals surface area contributed by atoms with Gasteiger partial charge in [0.05, 0.1) is 39.8 Å². The van der Waals surface area contributed by atoms with Crippen LogP contribution in [0.25, 0.3) is 0 Å². The molecule has 1 aliphatic carbocycles. The molecule has 0 saturated carbocycles. The van der Waals surface area contributed by atoms with Crippen LogP contribution in [-0.2, 0) is 18.9 Å². The number of ether oxygens (including phenoxy) is 4. The summed E-state index contributed by atoms with van der Waals surface area (Å²) in [5.74, 6) is 8.09. The molecule has 208 valence electrons. The maximum atomic E-state index is 5.80. The summed E-state index contributed by atoms with van der Waals surface area (Å²) < 4.78 is 23.2. The lowest BCUT2D eigenvalue weighted by Gasteiger charge is -2.25. The maximum Gasteiger partial charge on any atom is 0.193 e. The van der Waals surface area contributed by atoms with E-state index in [0.29, 0.717) is 45.8 Å². The maximum absolute atomic E-state index is 5.80. The molecule has 8 heteroatoms. The molecule has 0 unspecified atom stereocenters. The minimum atomic E-state index is -1.47. The van der Waals surface area contributed by atoms with Crippen molar-refractivity contribution >= 4 is 38.9 Å². The Hall–Kier alpha value is -3.99. The molecule has 1 aliphatic rings. The molecule has 0 saturated heterocycles. The van der Waals surface area contributed by atoms with Gasteiger partial charge in [0.15, 0.2) is 34.5 Å². The normalized spacial score (nSPS) is 13.6. The van der Waals surface area contributed by atoms with Crippen LogP contribution in [0.3, 0.4) is 0 Å². The molecule has 0 atom stereocenters. The van der Waals surface area contributed by atoms with E-state index in [9.17, 15) is 0 Å². The van der Waals surface area contributed by atoms with E-state index in [0.717, 1.165) is 11.1 Å². The van der Waals surface area contributed by atoms with Crippen LogP contribution in [0.5, 0.6) is 0 Å². The highest BCUT2D eigenvalue weighted by atomic mass is 28.3. The number of benzene rings is 2. The quantitative estimate of drug-likeness (QED) is 0.213. The molecule has 2 aromatic carbocycles. The predicted molar refractivity (Wildman–Crippen MR) is 170 cm³/mol. The van der Waals surface area contributed by atoms with Crippen molar-refractivity contribution in [3.63, 3.8) is 0 Å². The average Bonchev–Trinajstić information content (AvgIpc) is 2.91. The first-order valence-corrected chi connectivity index (χ1v) is 20.0. The van der Waals surface area contributed by atoms with Gasteiger partial charge in [-0.05, 0) is 48.5 Å². The van der Waals surface area contributed by atoms with Gasteiger partial charge in [0.2, 0.25) is 0 Å². The first-order chi connectivity index (χ1) is 18.9. The molecule has 0 N–H and O–H groups in total. The first-order valence-electron chi connectivity index (χ1n) is 13.0. The van der Waals surface area contributed by atoms with Crippen molar-refractivity contribution in [1.82, 2.24) is 0 Å². The van der Waals surface area contributed by atoms with Gasteiger partial charge >= 0.3 is 0 Å². The molecule has 40 heavy (non-hydrogen) atoms. The van der Waals surface area contributed by atoms with Crippen LogP contribution in [0, 0.1) is 22.9 Å². The Kier molecular flexibility index (Phi) is 9.86. The third-order valence-electron chi connectivity index (χ3n) is 5.47. The fourth-order valence-corrected chi connectivity index (χ4v) is 4.65. The second-order valence-electron chi connectivity index (χ2n) is 11.1. The lowest BCUT2D eigenvalue weighted by molar-refractivity contribution is 0.223. The number of hydrogen-bond donors (Lipinski definition) is 0. The van der Waals surface area contributed by atoms with E-state index in [1.807, 2.05) is 48.5 Å². The molecular weight excluding hydrogens is 533 g/mol. The summed E-state index contributed by atoms with van der Waals surface area (Å²) in [5.41, 5.74) is 11.0. The van der Waals surface area contributed by atoms with Crippen molar-refractivity contribution in [2.45, 2.75) is 39.3 Å². The fourth-order valence-electron chi connectivity index (χ4n) is 3.61. The van der Waals surface area contributed by atoms with E-state index in [1.165, 1.54) is 0 Å². The Morgan fingerprint density at radius 1 is 0.475 bits per heavy atom. The third kappa shape index (κ3) is 8.01. The van der Waals surface area contributed by atoms with Crippen LogP contribution < -0.4 is 0 Å². The van der Waals surface area contributed by atoms with Crippen molar-refractivity contribution in [2.75, 3.05) is 28.4 Å². The highest BCUT2D eigenvalue weighted by molar-refractivity contribution is 6.84. The van der Waals surface area contributed by atoms with Gasteiger partial charge < -0.3 is 18.9 Å². The summed E-state index contributed by atoms with van der Waals surface area (Å²) in [6, 6.07) is 15.5. The molecule has 2 aromatic rings. The molecule has 0 aromatic heterocycles. The van der Waals surface area contributed by atoms with E-state index in [2.05, 4.69) is 62.2 Å². The van der Waals surface area contributed by atoms with Crippen molar-refractivity contribution in [3.05, 3.63) is 82.7 Å². The van der Waals surface area contributed by atoms with Gasteiger partial charge in [-0.1, -0.05) is 51.1 Å². The van der Waals surface area contributed by atoms with E-state index < -0.39 is 16.1 Å². The summed E-state index contributed by atoms with van der Waals surface area (Å²) in [4.78, 5) is 9.69. The van der Waals surface area contributed by atoms with Gasteiger partial charge in [-0.3, -0.25) is 0 Å². The Labute approximate surface area is 240 Å². The van der Waals surface area contributed by atoms with Crippen LogP contribution in [0.4, 0.5) is 11.4 Å². The smallest absolute Gasteiger partial charge is 0.193 e. The first kappa shape index (κ1) is 30.6. The molecule has 6 nitrogen and oxygen atoms in total. The van der Waals surface area contributed by atoms with Crippen LogP contribution in [0.2, 0.25) is 39.3 Å². The number of hydrogen-bond acceptors (Lipinski definition) is 6. The largest absolute Gasteiger partial charge is 0.491 e. The number of aliphatic imine (C=N–C) groups is 2. The van der Waals surface area contributed by atoms with E-state index in [4.69, 9.17) is 28.9 Å². The SMILES string of the molecule is COC1=C(OC)C(=Nc2ccc(C#C[Si](C)(C)C)cc2)C(OC)=C(OC)C1=Nc1ccc(C#C[Si](C)(C)C)cc1. The Bertz CT molecular complexity index is 1330. The molecule has 0 aliphatic heterocycles. The van der Waals surface area contributed by atoms with Crippen molar-refractivity contribution in [2.24, 2.45) is 9.98 Å². The Balaban J connectivity index is 2.09. The van der Waals surface area contributed by atoms with Crippen molar-refractivity contribution in [1.29, 1.82) is 0 Å². The van der Waals surface area contributed by atoms with Gasteiger partial charge in [0.25, 0.3) is 0 Å². The summed E-state index contributed by atoms with van der Waals surface area (Å²) >= 11 is 0. The molecular formula is C32H38N2O4Si2. The van der Waals surface area contributed by atoms with E-state index in [1.54, 1.807) is 28.4 Å². The predicted octanol–water partition coefficient (Wildman–Crippen LogP) is 7.01. The molecule has 3 rings (SSSR count). The molecule has 0 bridgehead atoms. The molecule has 0 fully saturated rings. The fraction of sp³-hybridized carbons (Fsp3) is 0.312. The minimum Gasteiger partial charge on any atom is -0.491 e. The number of nitrogens with zero attached hydrogens (tertiary/aromatic N) is 2. The third-order valence-corrected chi connectivity index (χ3v) is 7.22. The van der Waals surface area contributed by atoms with Gasteiger partial charge in [0.1, 0.15) is 16.1 Å². The molecule has 0 spiro atoms. The highest BCUT2D eigenvalue weighted by Crippen LogP contribution is 2.32. The molecule has 0 radical (unpaired) electrons. The monoisotopic (exact) mass is 570 g/mol. The van der Waals surface area contributed by atoms with Crippen molar-refractivity contribution < 1.29 is 18.9 Å². The second kappa shape index (κ2) is 12.9. The van der Waals surface area contributed by atoms with E-state index >= 15 is 0 Å². The zero-order chi connectivity index (χ0) is 29.5. The number of rotatable bonds is 6. The lowest BCUT2D eigenvalue weighted by atomic mass is 10.0. The summed E-state index contributed by atoms with van der Waals surface area (Å²) in [6.07, 6.45) is 0. The van der Waals surface area contributed by atoms with Gasteiger partial charge in [-0.2, -0.15) is 0 Å². The van der Waals surface area contributed by atoms with Crippen molar-refractivity contribution in [3.8, 4) is 22.9 Å². The van der Waals surface area contributed by atoms with Crippen LogP contribution in [0.15, 0.2) is 81.6 Å². The molecule has 0 heterocycles. The summed E-state index contributed by atoms with van der Waals surface area (Å²) in [6.45, 7) is 13.3. The molecule has 0 amide bonds. The second-order valence-corrected chi connectivity index (χ2v) is 20.6. The zero-order valence-electron chi connectivity index (χ0n) is 25.1. The standard InChI is InChI=1S/C32H38N2O4Si2/c1-35-29-27(33-25-15-11-23(12-16-25)19-21-39(5,6)7)31(37-3)32(38-4)28(30(29)36-2)34-26-17-13-24(14-18-26)20-22-40(8,9)10/h11-18H,1-10H3.